The van der Waals surface area contributed by atoms with Gasteiger partial charge in [-0.15, -0.1) is 11.3 Å². The van der Waals surface area contributed by atoms with E-state index in [-0.39, 0.29) is 33.8 Å². The molecule has 1 aliphatic carbocycles. The Bertz CT molecular complexity index is 1530. The van der Waals surface area contributed by atoms with Gasteiger partial charge in [0.05, 0.1) is 18.9 Å². The molecular formula is C26H25F3N4O4S. The molecule has 0 spiro atoms. The Kier molecular flexibility index (Phi) is 6.33. The van der Waals surface area contributed by atoms with E-state index >= 15 is 0 Å². The Hall–Kier alpha value is -3.67. The van der Waals surface area contributed by atoms with Crippen LogP contribution in [0.25, 0.3) is 17.1 Å². The summed E-state index contributed by atoms with van der Waals surface area (Å²) in [6, 6.07) is 5.00. The van der Waals surface area contributed by atoms with Gasteiger partial charge in [-0.3, -0.25) is 4.79 Å². The second-order valence-corrected chi connectivity index (χ2v) is 11.4. The number of ether oxygens (including phenoxy) is 1. The minimum Gasteiger partial charge on any atom is -0.465 e. The average molecular weight is 547 g/mol. The molecule has 12 heteroatoms. The quantitative estimate of drug-likeness (QED) is 0.304. The van der Waals surface area contributed by atoms with Crippen LogP contribution in [0.2, 0.25) is 0 Å². The number of fused-ring (bicyclic) bond motifs is 2. The van der Waals surface area contributed by atoms with E-state index in [0.717, 1.165) is 35.4 Å². The fraction of sp³-hybridized carbons (Fsp3) is 0.385. The summed E-state index contributed by atoms with van der Waals surface area (Å²) in [7, 11) is 1.27. The molecule has 200 valence electrons. The summed E-state index contributed by atoms with van der Waals surface area (Å²) >= 11 is 1.29. The molecule has 0 unspecified atom stereocenters. The van der Waals surface area contributed by atoms with Gasteiger partial charge in [0, 0.05) is 10.9 Å². The molecule has 4 heterocycles. The predicted molar refractivity (Wildman–Crippen MR) is 134 cm³/mol. The summed E-state index contributed by atoms with van der Waals surface area (Å²) in [4.78, 5) is 31.1. The minimum atomic E-state index is -4.77. The Morgan fingerprint density at radius 2 is 2.00 bits per heavy atom. The van der Waals surface area contributed by atoms with Gasteiger partial charge in [0.15, 0.2) is 22.8 Å². The van der Waals surface area contributed by atoms with Crippen molar-refractivity contribution in [2.45, 2.75) is 46.2 Å². The van der Waals surface area contributed by atoms with Crippen molar-refractivity contribution in [2.24, 2.45) is 11.3 Å². The standard InChI is InChI=1S/C26H25F3N4O4S/c1-25(2,3)13-7-8-14-18(10-13)38-23(21(14)24(35)36-4)31-22(34)16-12-20-30-15(17-6-5-9-37-17)11-19(26(27,28)29)33(20)32-16/h5-6,9,11-13H,7-8,10H2,1-4H3,(H,31,34)/t13-/m1/s1. The first-order chi connectivity index (χ1) is 17.9. The molecule has 0 saturated carbocycles. The van der Waals surface area contributed by atoms with Gasteiger partial charge in [-0.2, -0.15) is 18.3 Å². The van der Waals surface area contributed by atoms with E-state index in [1.54, 1.807) is 0 Å². The molecule has 4 aromatic heterocycles. The Labute approximate surface area is 219 Å². The summed E-state index contributed by atoms with van der Waals surface area (Å²) in [5.41, 5.74) is -0.414. The zero-order chi connectivity index (χ0) is 27.4. The number of esters is 1. The number of nitrogens with one attached hydrogen (secondary N) is 1. The molecule has 0 bridgehead atoms. The van der Waals surface area contributed by atoms with Gasteiger partial charge >= 0.3 is 12.1 Å². The summed E-state index contributed by atoms with van der Waals surface area (Å²) in [6.45, 7) is 6.51. The fourth-order valence-electron chi connectivity index (χ4n) is 4.74. The van der Waals surface area contributed by atoms with E-state index in [9.17, 15) is 22.8 Å². The number of anilines is 1. The van der Waals surface area contributed by atoms with Crippen LogP contribution in [0.15, 0.2) is 34.9 Å². The SMILES string of the molecule is COC(=O)c1c(NC(=O)c2cc3nc(-c4ccco4)cc(C(F)(F)F)n3n2)sc2c1CC[C@@H](C(C)(C)C)C2. The first-order valence-electron chi connectivity index (χ1n) is 11.9. The Balaban J connectivity index is 1.52. The third kappa shape index (κ3) is 4.68. The lowest BCUT2D eigenvalue weighted by Gasteiger charge is -2.33. The summed E-state index contributed by atoms with van der Waals surface area (Å²) in [5.74, 6) is -0.799. The van der Waals surface area contributed by atoms with Crippen LogP contribution in [0.1, 0.15) is 64.2 Å². The molecular weight excluding hydrogens is 521 g/mol. The van der Waals surface area contributed by atoms with Crippen molar-refractivity contribution >= 4 is 33.9 Å². The van der Waals surface area contributed by atoms with Gasteiger partial charge in [-0.25, -0.2) is 14.3 Å². The molecule has 1 atom stereocenters. The number of amides is 1. The lowest BCUT2D eigenvalue weighted by molar-refractivity contribution is -0.142. The van der Waals surface area contributed by atoms with Crippen LogP contribution in [0.4, 0.5) is 18.2 Å². The van der Waals surface area contributed by atoms with Gasteiger partial charge < -0.3 is 14.5 Å². The molecule has 5 rings (SSSR count). The highest BCUT2D eigenvalue weighted by molar-refractivity contribution is 7.17. The molecule has 38 heavy (non-hydrogen) atoms. The van der Waals surface area contributed by atoms with Gasteiger partial charge in [-0.05, 0) is 54.4 Å². The number of furan rings is 1. The highest BCUT2D eigenvalue weighted by Crippen LogP contribution is 2.44. The maximum Gasteiger partial charge on any atom is 0.433 e. The van der Waals surface area contributed by atoms with Crippen molar-refractivity contribution in [1.29, 1.82) is 0 Å². The number of rotatable bonds is 4. The molecule has 1 aliphatic rings. The second kappa shape index (κ2) is 9.26. The number of aromatic nitrogens is 3. The molecule has 0 aliphatic heterocycles. The third-order valence-corrected chi connectivity index (χ3v) is 8.00. The number of methoxy groups -OCH3 is 1. The number of halogens is 3. The van der Waals surface area contributed by atoms with Crippen LogP contribution >= 0.6 is 11.3 Å². The maximum absolute atomic E-state index is 13.9. The van der Waals surface area contributed by atoms with Crippen LogP contribution in [0, 0.1) is 11.3 Å². The number of hydrogen-bond acceptors (Lipinski definition) is 7. The van der Waals surface area contributed by atoms with E-state index in [4.69, 9.17) is 9.15 Å². The summed E-state index contributed by atoms with van der Waals surface area (Å²) in [6.07, 6.45) is -1.13. The van der Waals surface area contributed by atoms with Crippen molar-refractivity contribution in [3.63, 3.8) is 0 Å². The molecule has 0 aromatic carbocycles. The second-order valence-electron chi connectivity index (χ2n) is 10.3. The topological polar surface area (TPSA) is 98.7 Å². The largest absolute Gasteiger partial charge is 0.465 e. The lowest BCUT2D eigenvalue weighted by atomic mass is 9.72. The van der Waals surface area contributed by atoms with Crippen LogP contribution < -0.4 is 5.32 Å². The first kappa shape index (κ1) is 26.0. The van der Waals surface area contributed by atoms with E-state index in [1.165, 1.54) is 36.8 Å². The third-order valence-electron chi connectivity index (χ3n) is 6.83. The van der Waals surface area contributed by atoms with E-state index in [0.29, 0.717) is 21.9 Å². The number of carbonyl (C=O) groups excluding carboxylic acids is 2. The Morgan fingerprint density at radius 1 is 1.24 bits per heavy atom. The van der Waals surface area contributed by atoms with E-state index in [1.807, 2.05) is 0 Å². The number of hydrogen-bond donors (Lipinski definition) is 1. The first-order valence-corrected chi connectivity index (χ1v) is 12.7. The zero-order valence-corrected chi connectivity index (χ0v) is 21.9. The fourth-order valence-corrected chi connectivity index (χ4v) is 6.05. The Morgan fingerprint density at radius 3 is 2.63 bits per heavy atom. The van der Waals surface area contributed by atoms with Crippen molar-refractivity contribution in [3.05, 3.63) is 57.9 Å². The van der Waals surface area contributed by atoms with Crippen molar-refractivity contribution < 1.29 is 31.9 Å². The maximum atomic E-state index is 13.9. The number of alkyl halides is 3. The number of nitrogens with zero attached hydrogens (tertiary/aromatic N) is 3. The summed E-state index contributed by atoms with van der Waals surface area (Å²) in [5, 5.41) is 6.88. The molecule has 1 amide bonds. The van der Waals surface area contributed by atoms with Gasteiger partial charge in [0.2, 0.25) is 0 Å². The molecule has 0 saturated heterocycles. The molecule has 1 N–H and O–H groups in total. The number of thiophene rings is 1. The highest BCUT2D eigenvalue weighted by Gasteiger charge is 2.37. The lowest BCUT2D eigenvalue weighted by Crippen LogP contribution is -2.26. The molecule has 8 nitrogen and oxygen atoms in total. The minimum absolute atomic E-state index is 0.0472. The van der Waals surface area contributed by atoms with Crippen LogP contribution in [0.5, 0.6) is 0 Å². The molecule has 4 aromatic rings. The number of carbonyl (C=O) groups is 2. The highest BCUT2D eigenvalue weighted by atomic mass is 32.1. The monoisotopic (exact) mass is 546 g/mol. The molecule has 0 fully saturated rings. The smallest absolute Gasteiger partial charge is 0.433 e. The van der Waals surface area contributed by atoms with Crippen molar-refractivity contribution in [1.82, 2.24) is 14.6 Å². The van der Waals surface area contributed by atoms with E-state index in [2.05, 4.69) is 36.2 Å². The van der Waals surface area contributed by atoms with Crippen LogP contribution in [-0.2, 0) is 23.8 Å². The summed E-state index contributed by atoms with van der Waals surface area (Å²) < 4.78 is 52.3. The van der Waals surface area contributed by atoms with Gasteiger partial charge in [-0.1, -0.05) is 20.8 Å². The van der Waals surface area contributed by atoms with Gasteiger partial charge in [0.1, 0.15) is 10.7 Å². The van der Waals surface area contributed by atoms with E-state index < -0.39 is 23.7 Å². The van der Waals surface area contributed by atoms with Gasteiger partial charge in [0.25, 0.3) is 5.91 Å². The molecule has 0 radical (unpaired) electrons. The average Bonchev–Trinajstić information content (AvgIpc) is 3.59. The van der Waals surface area contributed by atoms with Crippen molar-refractivity contribution in [3.8, 4) is 11.5 Å². The zero-order valence-electron chi connectivity index (χ0n) is 21.1. The van der Waals surface area contributed by atoms with Crippen LogP contribution in [-0.4, -0.2) is 33.6 Å². The van der Waals surface area contributed by atoms with Crippen molar-refractivity contribution in [2.75, 3.05) is 12.4 Å². The van der Waals surface area contributed by atoms with Crippen LogP contribution in [0.3, 0.4) is 0 Å². The predicted octanol–water partition coefficient (Wildman–Crippen LogP) is 6.26. The normalized spacial score (nSPS) is 15.9.